The second-order valence-electron chi connectivity index (χ2n) is 4.00. The van der Waals surface area contributed by atoms with Gasteiger partial charge in [0, 0.05) is 36.3 Å². The van der Waals surface area contributed by atoms with Gasteiger partial charge in [0.15, 0.2) is 0 Å². The lowest BCUT2D eigenvalue weighted by Crippen LogP contribution is -2.18. The van der Waals surface area contributed by atoms with Crippen molar-refractivity contribution < 1.29 is 4.79 Å². The Labute approximate surface area is 87.7 Å². The van der Waals surface area contributed by atoms with Crippen LogP contribution in [0, 0.1) is 0 Å². The average molecular weight is 200 g/mol. The van der Waals surface area contributed by atoms with E-state index in [1.54, 1.807) is 0 Å². The van der Waals surface area contributed by atoms with Crippen LogP contribution in [0.1, 0.15) is 12.0 Å². The molecule has 1 aliphatic rings. The van der Waals surface area contributed by atoms with Crippen LogP contribution in [0.3, 0.4) is 0 Å². The molecule has 1 aliphatic heterocycles. The van der Waals surface area contributed by atoms with Crippen LogP contribution in [0.15, 0.2) is 24.4 Å². The summed E-state index contributed by atoms with van der Waals surface area (Å²) in [6.07, 6.45) is 3.50. The molecule has 0 aliphatic carbocycles. The van der Waals surface area contributed by atoms with Gasteiger partial charge in [0.05, 0.1) is 0 Å². The van der Waals surface area contributed by atoms with Crippen molar-refractivity contribution in [3.8, 4) is 0 Å². The minimum absolute atomic E-state index is 0.123. The lowest BCUT2D eigenvalue weighted by Gasteiger charge is -2.17. The Morgan fingerprint density at radius 3 is 3.00 bits per heavy atom. The number of anilines is 1. The van der Waals surface area contributed by atoms with E-state index in [9.17, 15) is 4.79 Å². The largest absolute Gasteiger partial charge is 0.351 e. The molecular weight excluding hydrogens is 188 g/mol. The van der Waals surface area contributed by atoms with Crippen LogP contribution in [0.4, 0.5) is 5.69 Å². The Bertz CT molecular complexity index is 554. The Kier molecular flexibility index (Phi) is 1.63. The molecular formula is C12H12N2O. The zero-order valence-electron chi connectivity index (χ0n) is 8.58. The molecule has 1 amide bonds. The van der Waals surface area contributed by atoms with E-state index in [4.69, 9.17) is 0 Å². The number of amides is 1. The Morgan fingerprint density at radius 1 is 1.27 bits per heavy atom. The number of rotatable bonds is 0. The first-order valence-corrected chi connectivity index (χ1v) is 5.12. The van der Waals surface area contributed by atoms with Crippen LogP contribution >= 0.6 is 0 Å². The number of carbonyl (C=O) groups excluding carboxylic acids is 1. The number of fused-ring (bicyclic) bond motifs is 3. The number of benzene rings is 1. The zero-order valence-corrected chi connectivity index (χ0v) is 8.58. The van der Waals surface area contributed by atoms with Gasteiger partial charge in [-0.1, -0.05) is 0 Å². The van der Waals surface area contributed by atoms with Gasteiger partial charge in [-0.25, -0.2) is 0 Å². The molecule has 0 saturated carbocycles. The molecule has 0 unspecified atom stereocenters. The van der Waals surface area contributed by atoms with E-state index < -0.39 is 0 Å². The Morgan fingerprint density at radius 2 is 2.13 bits per heavy atom. The molecule has 0 spiro atoms. The van der Waals surface area contributed by atoms with Gasteiger partial charge >= 0.3 is 0 Å². The third-order valence-electron chi connectivity index (χ3n) is 3.06. The molecule has 0 radical (unpaired) electrons. The van der Waals surface area contributed by atoms with Crippen molar-refractivity contribution in [1.29, 1.82) is 0 Å². The Balaban J connectivity index is 2.30. The first-order valence-electron chi connectivity index (χ1n) is 5.12. The number of nitrogens with zero attached hydrogens (tertiary/aromatic N) is 1. The van der Waals surface area contributed by atoms with E-state index in [0.717, 1.165) is 12.1 Å². The smallest absolute Gasteiger partial charge is 0.224 e. The summed E-state index contributed by atoms with van der Waals surface area (Å²) in [5.41, 5.74) is 3.47. The minimum atomic E-state index is 0.123. The van der Waals surface area contributed by atoms with Crippen molar-refractivity contribution in [2.24, 2.45) is 7.05 Å². The lowest BCUT2D eigenvalue weighted by molar-refractivity contribution is -0.116. The molecule has 0 fully saturated rings. The van der Waals surface area contributed by atoms with E-state index in [1.165, 1.54) is 16.5 Å². The first kappa shape index (κ1) is 8.53. The summed E-state index contributed by atoms with van der Waals surface area (Å²) in [7, 11) is 2.04. The van der Waals surface area contributed by atoms with Gasteiger partial charge in [-0.05, 0) is 30.2 Å². The number of hydrogen-bond acceptors (Lipinski definition) is 1. The van der Waals surface area contributed by atoms with Crippen LogP contribution in [0.2, 0.25) is 0 Å². The third-order valence-corrected chi connectivity index (χ3v) is 3.06. The van der Waals surface area contributed by atoms with Gasteiger partial charge in [-0.15, -0.1) is 0 Å². The van der Waals surface area contributed by atoms with E-state index in [0.29, 0.717) is 6.42 Å². The van der Waals surface area contributed by atoms with E-state index >= 15 is 0 Å². The SMILES string of the molecule is Cn1ccc2c3c(ccc21)NC(=O)CC3. The molecule has 0 atom stereocenters. The topological polar surface area (TPSA) is 34.0 Å². The second kappa shape index (κ2) is 2.86. The van der Waals surface area contributed by atoms with Gasteiger partial charge in [0.1, 0.15) is 0 Å². The number of aromatic nitrogens is 1. The van der Waals surface area contributed by atoms with E-state index in [-0.39, 0.29) is 5.91 Å². The summed E-state index contributed by atoms with van der Waals surface area (Å²) < 4.78 is 2.10. The molecule has 3 rings (SSSR count). The number of nitrogens with one attached hydrogen (secondary N) is 1. The highest BCUT2D eigenvalue weighted by Crippen LogP contribution is 2.30. The van der Waals surface area contributed by atoms with Crippen LogP contribution in [0.5, 0.6) is 0 Å². The molecule has 1 aromatic heterocycles. The van der Waals surface area contributed by atoms with Gasteiger partial charge in [-0.3, -0.25) is 4.79 Å². The quantitative estimate of drug-likeness (QED) is 0.694. The summed E-state index contributed by atoms with van der Waals surface area (Å²) in [6.45, 7) is 0. The highest BCUT2D eigenvalue weighted by Gasteiger charge is 2.17. The molecule has 3 heteroatoms. The van der Waals surface area contributed by atoms with Crippen molar-refractivity contribution in [2.45, 2.75) is 12.8 Å². The van der Waals surface area contributed by atoms with Crippen LogP contribution in [-0.4, -0.2) is 10.5 Å². The van der Waals surface area contributed by atoms with Gasteiger partial charge in [0.2, 0.25) is 5.91 Å². The molecule has 0 saturated heterocycles. The van der Waals surface area contributed by atoms with Crippen molar-refractivity contribution in [3.63, 3.8) is 0 Å². The summed E-state index contributed by atoms with van der Waals surface area (Å²) in [5.74, 6) is 0.123. The van der Waals surface area contributed by atoms with Gasteiger partial charge in [0.25, 0.3) is 0 Å². The monoisotopic (exact) mass is 200 g/mol. The average Bonchev–Trinajstić information content (AvgIpc) is 2.60. The highest BCUT2D eigenvalue weighted by molar-refractivity contribution is 5.99. The molecule has 2 aromatic rings. The zero-order chi connectivity index (χ0) is 10.4. The van der Waals surface area contributed by atoms with E-state index in [1.807, 2.05) is 13.1 Å². The molecule has 1 N–H and O–H groups in total. The first-order chi connectivity index (χ1) is 7.25. The van der Waals surface area contributed by atoms with Crippen molar-refractivity contribution >= 4 is 22.5 Å². The highest BCUT2D eigenvalue weighted by atomic mass is 16.1. The predicted octanol–water partition coefficient (Wildman–Crippen LogP) is 2.06. The molecule has 1 aromatic carbocycles. The maximum Gasteiger partial charge on any atom is 0.224 e. The third kappa shape index (κ3) is 1.16. The molecule has 3 nitrogen and oxygen atoms in total. The van der Waals surface area contributed by atoms with Gasteiger partial charge in [-0.2, -0.15) is 0 Å². The van der Waals surface area contributed by atoms with Crippen LogP contribution in [0.25, 0.3) is 10.9 Å². The summed E-state index contributed by atoms with van der Waals surface area (Å²) in [4.78, 5) is 11.3. The number of hydrogen-bond donors (Lipinski definition) is 1. The second-order valence-corrected chi connectivity index (χ2v) is 4.00. The molecule has 0 bridgehead atoms. The minimum Gasteiger partial charge on any atom is -0.351 e. The van der Waals surface area contributed by atoms with Crippen LogP contribution in [-0.2, 0) is 18.3 Å². The maximum atomic E-state index is 11.3. The Hall–Kier alpha value is -1.77. The summed E-state index contributed by atoms with van der Waals surface area (Å²) in [5, 5.41) is 4.17. The normalized spacial score (nSPS) is 15.1. The number of carbonyl (C=O) groups is 1. The van der Waals surface area contributed by atoms with Gasteiger partial charge < -0.3 is 9.88 Å². The van der Waals surface area contributed by atoms with Crippen LogP contribution < -0.4 is 5.32 Å². The molecule has 15 heavy (non-hydrogen) atoms. The fraction of sp³-hybridized carbons (Fsp3) is 0.250. The summed E-state index contributed by atoms with van der Waals surface area (Å²) in [6, 6.07) is 6.17. The number of aryl methyl sites for hydroxylation is 2. The van der Waals surface area contributed by atoms with E-state index in [2.05, 4.69) is 28.2 Å². The molecule has 2 heterocycles. The standard InChI is InChI=1S/C12H12N2O/c1-14-7-6-9-8-2-5-12(15)13-10(8)3-4-11(9)14/h3-4,6-7H,2,5H2,1H3,(H,13,15). The predicted molar refractivity (Wildman–Crippen MR) is 59.9 cm³/mol. The van der Waals surface area contributed by atoms with Crippen molar-refractivity contribution in [3.05, 3.63) is 30.0 Å². The fourth-order valence-electron chi connectivity index (χ4n) is 2.25. The maximum absolute atomic E-state index is 11.3. The lowest BCUT2D eigenvalue weighted by atomic mass is 9.99. The summed E-state index contributed by atoms with van der Waals surface area (Å²) >= 11 is 0. The molecule has 76 valence electrons. The van der Waals surface area contributed by atoms with Crippen molar-refractivity contribution in [1.82, 2.24) is 4.57 Å². The fourth-order valence-corrected chi connectivity index (χ4v) is 2.25. The van der Waals surface area contributed by atoms with Crippen molar-refractivity contribution in [2.75, 3.05) is 5.32 Å².